The molecule has 4 nitrogen and oxygen atoms in total. The summed E-state index contributed by atoms with van der Waals surface area (Å²) >= 11 is 0. The first-order chi connectivity index (χ1) is 8.56. The van der Waals surface area contributed by atoms with E-state index in [0.29, 0.717) is 11.3 Å². The highest BCUT2D eigenvalue weighted by molar-refractivity contribution is 6.03. The summed E-state index contributed by atoms with van der Waals surface area (Å²) in [7, 11) is 0. The number of hydrogen-bond donors (Lipinski definition) is 2. The maximum Gasteiger partial charge on any atom is 0.274 e. The van der Waals surface area contributed by atoms with Crippen LogP contribution in [0.5, 0.6) is 0 Å². The number of rotatable bonds is 2. The number of carbonyl (C=O) groups is 1. The predicted octanol–water partition coefficient (Wildman–Crippen LogP) is 2.36. The molecule has 0 unspecified atom stereocenters. The van der Waals surface area contributed by atoms with Crippen molar-refractivity contribution in [1.82, 2.24) is 4.98 Å². The molecular formula is C13H12FN3O. The highest BCUT2D eigenvalue weighted by Crippen LogP contribution is 2.16. The maximum absolute atomic E-state index is 12.9. The topological polar surface area (TPSA) is 68.0 Å². The number of nitrogens with one attached hydrogen (secondary N) is 1. The molecular weight excluding hydrogens is 233 g/mol. The summed E-state index contributed by atoms with van der Waals surface area (Å²) in [4.78, 5) is 15.8. The van der Waals surface area contributed by atoms with E-state index in [1.54, 1.807) is 25.1 Å². The van der Waals surface area contributed by atoms with Crippen molar-refractivity contribution in [2.24, 2.45) is 0 Å². The number of nitrogens with zero attached hydrogens (tertiary/aromatic N) is 1. The van der Waals surface area contributed by atoms with E-state index < -0.39 is 0 Å². The van der Waals surface area contributed by atoms with Gasteiger partial charge in [0.05, 0.1) is 0 Å². The number of nitrogens with two attached hydrogens (primary N) is 1. The Bertz CT molecular complexity index is 599. The zero-order valence-electron chi connectivity index (χ0n) is 9.77. The van der Waals surface area contributed by atoms with E-state index in [4.69, 9.17) is 5.73 Å². The molecule has 0 atom stereocenters. The van der Waals surface area contributed by atoms with Crippen LogP contribution in [0.4, 0.5) is 15.9 Å². The molecule has 0 saturated heterocycles. The predicted molar refractivity (Wildman–Crippen MR) is 67.7 cm³/mol. The Morgan fingerprint density at radius 3 is 2.78 bits per heavy atom. The van der Waals surface area contributed by atoms with Crippen LogP contribution in [-0.2, 0) is 0 Å². The first-order valence-corrected chi connectivity index (χ1v) is 5.36. The molecule has 18 heavy (non-hydrogen) atoms. The molecule has 0 spiro atoms. The molecule has 0 saturated carbocycles. The van der Waals surface area contributed by atoms with Gasteiger partial charge in [-0.1, -0.05) is 6.07 Å². The van der Waals surface area contributed by atoms with Gasteiger partial charge in [0.2, 0.25) is 0 Å². The Hall–Kier alpha value is -2.43. The number of amides is 1. The van der Waals surface area contributed by atoms with Crippen LogP contribution in [-0.4, -0.2) is 10.9 Å². The van der Waals surface area contributed by atoms with Gasteiger partial charge in [-0.25, -0.2) is 9.37 Å². The lowest BCUT2D eigenvalue weighted by Crippen LogP contribution is -2.15. The van der Waals surface area contributed by atoms with E-state index in [1.165, 1.54) is 18.2 Å². The number of pyridine rings is 1. The summed E-state index contributed by atoms with van der Waals surface area (Å²) in [6.07, 6.45) is 0. The van der Waals surface area contributed by atoms with Gasteiger partial charge < -0.3 is 11.1 Å². The molecule has 0 bridgehead atoms. The zero-order valence-corrected chi connectivity index (χ0v) is 9.77. The van der Waals surface area contributed by atoms with Crippen LogP contribution in [0.3, 0.4) is 0 Å². The van der Waals surface area contributed by atoms with Crippen LogP contribution in [0.25, 0.3) is 0 Å². The van der Waals surface area contributed by atoms with Gasteiger partial charge >= 0.3 is 0 Å². The molecule has 1 heterocycles. The Morgan fingerprint density at radius 1 is 1.33 bits per heavy atom. The number of halogens is 1. The highest BCUT2D eigenvalue weighted by atomic mass is 19.1. The molecule has 92 valence electrons. The molecule has 1 aromatic carbocycles. The van der Waals surface area contributed by atoms with Gasteiger partial charge in [-0.3, -0.25) is 4.79 Å². The van der Waals surface area contributed by atoms with Gasteiger partial charge in [0.15, 0.2) is 0 Å². The molecule has 0 radical (unpaired) electrons. The number of aryl methyl sites for hydroxylation is 1. The smallest absolute Gasteiger partial charge is 0.274 e. The van der Waals surface area contributed by atoms with Crippen LogP contribution >= 0.6 is 0 Å². The monoisotopic (exact) mass is 245 g/mol. The van der Waals surface area contributed by atoms with Crippen molar-refractivity contribution in [2.45, 2.75) is 6.92 Å². The van der Waals surface area contributed by atoms with Crippen molar-refractivity contribution in [3.63, 3.8) is 0 Å². The number of hydrogen-bond acceptors (Lipinski definition) is 3. The maximum atomic E-state index is 12.9. The lowest BCUT2D eigenvalue weighted by molar-refractivity contribution is 0.102. The van der Waals surface area contributed by atoms with Gasteiger partial charge in [-0.15, -0.1) is 0 Å². The van der Waals surface area contributed by atoms with Crippen LogP contribution in [0, 0.1) is 12.7 Å². The van der Waals surface area contributed by atoms with Crippen molar-refractivity contribution in [3.8, 4) is 0 Å². The van der Waals surface area contributed by atoms with E-state index in [0.717, 1.165) is 0 Å². The minimum atomic E-state index is -0.378. The third-order valence-corrected chi connectivity index (χ3v) is 2.44. The molecule has 1 aromatic heterocycles. The average molecular weight is 245 g/mol. The standard InChI is InChI=1S/C13H12FN3O/c1-8-7-9(14)5-6-10(8)17-13(18)11-3-2-4-12(15)16-11/h2-7H,1H3,(H2,15,16)(H,17,18). The van der Waals surface area contributed by atoms with Crippen molar-refractivity contribution < 1.29 is 9.18 Å². The van der Waals surface area contributed by atoms with E-state index in [2.05, 4.69) is 10.3 Å². The number of nitrogen functional groups attached to an aromatic ring is 1. The zero-order chi connectivity index (χ0) is 13.1. The van der Waals surface area contributed by atoms with E-state index >= 15 is 0 Å². The normalized spacial score (nSPS) is 10.1. The fraction of sp³-hybridized carbons (Fsp3) is 0.0769. The third-order valence-electron chi connectivity index (χ3n) is 2.44. The number of carbonyl (C=O) groups excluding carboxylic acids is 1. The van der Waals surface area contributed by atoms with Gasteiger partial charge in [-0.05, 0) is 42.8 Å². The fourth-order valence-corrected chi connectivity index (χ4v) is 1.53. The summed E-state index contributed by atoms with van der Waals surface area (Å²) in [5.74, 6) is -0.442. The van der Waals surface area contributed by atoms with Gasteiger partial charge in [0, 0.05) is 5.69 Å². The van der Waals surface area contributed by atoms with Crippen LogP contribution in [0.15, 0.2) is 36.4 Å². The molecule has 2 rings (SSSR count). The van der Waals surface area contributed by atoms with Gasteiger partial charge in [0.25, 0.3) is 5.91 Å². The van der Waals surface area contributed by atoms with Gasteiger partial charge in [-0.2, -0.15) is 0 Å². The lowest BCUT2D eigenvalue weighted by Gasteiger charge is -2.08. The minimum absolute atomic E-state index is 0.221. The first kappa shape index (κ1) is 12.0. The SMILES string of the molecule is Cc1cc(F)ccc1NC(=O)c1cccc(N)n1. The van der Waals surface area contributed by atoms with E-state index in [1.807, 2.05) is 0 Å². The summed E-state index contributed by atoms with van der Waals surface area (Å²) in [6.45, 7) is 1.71. The van der Waals surface area contributed by atoms with Crippen LogP contribution < -0.4 is 11.1 Å². The molecule has 3 N–H and O–H groups in total. The fourth-order valence-electron chi connectivity index (χ4n) is 1.53. The summed E-state index contributed by atoms with van der Waals surface area (Å²) < 4.78 is 12.9. The molecule has 0 aliphatic rings. The summed E-state index contributed by atoms with van der Waals surface area (Å²) in [5, 5.41) is 2.66. The number of aromatic nitrogens is 1. The first-order valence-electron chi connectivity index (χ1n) is 5.36. The summed E-state index contributed by atoms with van der Waals surface area (Å²) in [5.41, 5.74) is 6.91. The molecule has 2 aromatic rings. The Morgan fingerprint density at radius 2 is 2.11 bits per heavy atom. The van der Waals surface area contributed by atoms with Crippen LogP contribution in [0.2, 0.25) is 0 Å². The Balaban J connectivity index is 2.21. The second kappa shape index (κ2) is 4.83. The molecule has 0 aliphatic carbocycles. The second-order valence-electron chi connectivity index (χ2n) is 3.86. The van der Waals surface area contributed by atoms with Crippen molar-refractivity contribution in [1.29, 1.82) is 0 Å². The molecule has 5 heteroatoms. The summed E-state index contributed by atoms with van der Waals surface area (Å²) in [6, 6.07) is 8.95. The number of anilines is 2. The quantitative estimate of drug-likeness (QED) is 0.853. The largest absolute Gasteiger partial charge is 0.384 e. The number of benzene rings is 1. The lowest BCUT2D eigenvalue weighted by atomic mass is 10.2. The third kappa shape index (κ3) is 2.63. The van der Waals surface area contributed by atoms with Crippen molar-refractivity contribution in [2.75, 3.05) is 11.1 Å². The molecule has 0 fully saturated rings. The van der Waals surface area contributed by atoms with Crippen molar-refractivity contribution in [3.05, 3.63) is 53.5 Å². The van der Waals surface area contributed by atoms with E-state index in [9.17, 15) is 9.18 Å². The van der Waals surface area contributed by atoms with Crippen LogP contribution in [0.1, 0.15) is 16.1 Å². The Labute approximate surface area is 104 Å². The Kier molecular flexibility index (Phi) is 3.23. The second-order valence-corrected chi connectivity index (χ2v) is 3.86. The molecule has 1 amide bonds. The highest BCUT2D eigenvalue weighted by Gasteiger charge is 2.09. The van der Waals surface area contributed by atoms with Gasteiger partial charge in [0.1, 0.15) is 17.3 Å². The minimum Gasteiger partial charge on any atom is -0.384 e. The molecule has 0 aliphatic heterocycles. The van der Waals surface area contributed by atoms with E-state index in [-0.39, 0.29) is 23.2 Å². The average Bonchev–Trinajstić information content (AvgIpc) is 2.32. The van der Waals surface area contributed by atoms with Crippen molar-refractivity contribution >= 4 is 17.4 Å².